The monoisotopic (exact) mass is 892 g/mol. The number of para-hydroxylation sites is 1. The zero-order valence-corrected chi connectivity index (χ0v) is 38.7. The number of esters is 1. The molecule has 0 spiro atoms. The Hall–Kier alpha value is -5.89. The van der Waals surface area contributed by atoms with Crippen molar-refractivity contribution in [2.45, 2.75) is 56.4 Å². The fourth-order valence-corrected chi connectivity index (χ4v) is 8.13. The number of carbonyl (C=O) groups is 2. The summed E-state index contributed by atoms with van der Waals surface area (Å²) in [5.41, 5.74) is 7.86. The number of carboxylic acids is 1. The Morgan fingerprint density at radius 1 is 0.661 bits per heavy atom. The molecule has 0 radical (unpaired) electrons. The number of hydrogen-bond donors (Lipinski definition) is 1. The molecular weight excluding hydrogens is 849 g/mol. The van der Waals surface area contributed by atoms with Gasteiger partial charge in [0.15, 0.2) is 0 Å². The first kappa shape index (κ1) is 48.8. The Kier molecular flexibility index (Phi) is 17.5. The van der Waals surface area contributed by atoms with Crippen LogP contribution in [-0.4, -0.2) is 96.9 Å². The first-order chi connectivity index (χ1) is 29.2. The summed E-state index contributed by atoms with van der Waals surface area (Å²) in [4.78, 5) is 47.4. The zero-order valence-electron chi connectivity index (χ0n) is 35.7. The van der Waals surface area contributed by atoms with E-state index in [1.54, 1.807) is 89.4 Å². The van der Waals surface area contributed by atoms with E-state index >= 15 is 0 Å². The number of aromatic nitrogens is 6. The number of carboxylic acid groups (broad SMARTS) is 1. The van der Waals surface area contributed by atoms with Gasteiger partial charge in [-0.1, -0.05) is 24.3 Å². The van der Waals surface area contributed by atoms with Crippen LogP contribution in [0.25, 0.3) is 22.1 Å². The van der Waals surface area contributed by atoms with Crippen molar-refractivity contribution in [2.75, 3.05) is 28.4 Å². The number of imidazole rings is 2. The normalized spacial score (nSPS) is 11.5. The molecule has 0 bridgehead atoms. The second-order valence-electron chi connectivity index (χ2n) is 13.2. The van der Waals surface area contributed by atoms with E-state index in [1.807, 2.05) is 27.7 Å². The van der Waals surface area contributed by atoms with Crippen LogP contribution in [0.2, 0.25) is 0 Å². The molecule has 3 aromatic carbocycles. The second kappa shape index (κ2) is 22.3. The minimum absolute atomic E-state index is 0. The number of ether oxygens (including phenoxy) is 5. The van der Waals surface area contributed by atoms with Gasteiger partial charge in [-0.05, 0) is 86.2 Å². The predicted molar refractivity (Wildman–Crippen MR) is 234 cm³/mol. The maximum absolute atomic E-state index is 12.6. The van der Waals surface area contributed by atoms with Crippen molar-refractivity contribution in [3.8, 4) is 28.7 Å². The van der Waals surface area contributed by atoms with E-state index in [4.69, 9.17) is 24.1 Å². The van der Waals surface area contributed by atoms with Gasteiger partial charge < -0.3 is 48.7 Å². The van der Waals surface area contributed by atoms with E-state index in [0.29, 0.717) is 43.9 Å². The molecule has 19 heteroatoms. The number of nitrogens with zero attached hydrogens (tertiary/aromatic N) is 6. The summed E-state index contributed by atoms with van der Waals surface area (Å²) in [5.74, 6) is 1.85. The molecule has 62 heavy (non-hydrogen) atoms. The van der Waals surface area contributed by atoms with Crippen LogP contribution in [0.3, 0.4) is 0 Å². The second-order valence-corrected chi connectivity index (χ2v) is 15.9. The molecular formula is C43H44MgN6O10S2. The van der Waals surface area contributed by atoms with Crippen molar-refractivity contribution in [3.05, 3.63) is 112 Å². The van der Waals surface area contributed by atoms with Gasteiger partial charge in [0.2, 0.25) is 0 Å². The van der Waals surface area contributed by atoms with Gasteiger partial charge in [0.1, 0.15) is 34.3 Å². The van der Waals surface area contributed by atoms with Gasteiger partial charge in [-0.15, -0.1) is 0 Å². The summed E-state index contributed by atoms with van der Waals surface area (Å²) in [7, 11) is 3.66. The fourth-order valence-electron chi connectivity index (χ4n) is 5.99. The van der Waals surface area contributed by atoms with Crippen LogP contribution in [-0.2, 0) is 37.9 Å². The van der Waals surface area contributed by atoms with E-state index in [-0.39, 0.29) is 45.9 Å². The quantitative estimate of drug-likeness (QED) is 0.0848. The molecule has 0 saturated carbocycles. The molecule has 4 aromatic heterocycles. The third-order valence-corrected chi connectivity index (χ3v) is 11.3. The third kappa shape index (κ3) is 11.9. The van der Waals surface area contributed by atoms with Crippen molar-refractivity contribution in [3.63, 3.8) is 0 Å². The van der Waals surface area contributed by atoms with Crippen molar-refractivity contribution >= 4 is 78.7 Å². The molecule has 7 aromatic rings. The summed E-state index contributed by atoms with van der Waals surface area (Å²) in [6, 6.07) is 16.8. The number of pyridine rings is 2. The molecule has 0 aliphatic carbocycles. The Morgan fingerprint density at radius 2 is 1.10 bits per heavy atom. The molecule has 0 unspecified atom stereocenters. The minimum Gasteiger partial charge on any atom is -0.497 e. The van der Waals surface area contributed by atoms with E-state index in [9.17, 15) is 18.0 Å². The predicted octanol–water partition coefficient (Wildman–Crippen LogP) is 5.99. The largest absolute Gasteiger partial charge is 2.00 e. The summed E-state index contributed by atoms with van der Waals surface area (Å²) in [6.45, 7) is 8.91. The standard InChI is InChI=1S/2C17H18N3O3S.C9H8O4.Mg/c2*1-10-8-18-15(11(2)16(10)23-4)9-24(21)17-19-13-6-5-12(22-3)7-14(13)20-17;1-6(10)13-8-5-3-2-4-7(8)9(11)12;/h2*5-8H,9H2,1-4H3;2-5H,1H3,(H,11,12);/q2*-1;;+2/t2*24-;;/m00../s1. The van der Waals surface area contributed by atoms with Crippen LogP contribution in [0.15, 0.2) is 83.4 Å². The average Bonchev–Trinajstić information content (AvgIpc) is 3.88. The van der Waals surface area contributed by atoms with Crippen LogP contribution in [0.1, 0.15) is 50.9 Å². The molecule has 0 amide bonds. The fraction of sp³-hybridized carbons (Fsp3) is 0.256. The van der Waals surface area contributed by atoms with Crippen molar-refractivity contribution in [1.82, 2.24) is 29.9 Å². The zero-order chi connectivity index (χ0) is 44.4. The number of fused-ring (bicyclic) bond motifs is 2. The Morgan fingerprint density at radius 3 is 1.48 bits per heavy atom. The number of rotatable bonds is 12. The first-order valence-electron chi connectivity index (χ1n) is 18.4. The van der Waals surface area contributed by atoms with Gasteiger partial charge in [-0.3, -0.25) is 23.2 Å². The van der Waals surface area contributed by atoms with Crippen LogP contribution < -0.4 is 33.7 Å². The number of benzene rings is 3. The molecule has 0 aliphatic rings. The number of aromatic carboxylic acids is 1. The summed E-state index contributed by atoms with van der Waals surface area (Å²) < 4.78 is 51.1. The molecule has 2 atom stereocenters. The number of aryl methyl sites for hydroxylation is 2. The molecule has 4 heterocycles. The topological polar surface area (TPSA) is 214 Å². The maximum atomic E-state index is 12.6. The van der Waals surface area contributed by atoms with Crippen LogP contribution in [0.5, 0.6) is 28.7 Å². The van der Waals surface area contributed by atoms with Crippen molar-refractivity contribution in [2.24, 2.45) is 0 Å². The smallest absolute Gasteiger partial charge is 0.497 e. The Balaban J connectivity index is 0.000000212. The SMILES string of the molecule is CC(=O)Oc1ccccc1C(=O)O.COc1ccc2[n-]c([S@@](=O)Cc3ncc(C)c(OC)c3C)nc2c1.COc1ccc2[n-]c([S@@](=O)Cc3ncc(C)c(OC)c3C)nc2c1.[Mg+2]. The summed E-state index contributed by atoms with van der Waals surface area (Å²) in [6.07, 6.45) is 3.46. The molecule has 0 fully saturated rings. The molecule has 0 saturated heterocycles. The average molecular weight is 893 g/mol. The molecule has 320 valence electrons. The summed E-state index contributed by atoms with van der Waals surface area (Å²) in [5, 5.41) is 9.30. The van der Waals surface area contributed by atoms with Gasteiger partial charge >= 0.3 is 35.0 Å². The first-order valence-corrected chi connectivity index (χ1v) is 21.0. The van der Waals surface area contributed by atoms with E-state index < -0.39 is 33.5 Å². The van der Waals surface area contributed by atoms with Crippen molar-refractivity contribution < 1.29 is 46.8 Å². The molecule has 1 N–H and O–H groups in total. The van der Waals surface area contributed by atoms with Crippen LogP contribution >= 0.6 is 0 Å². The third-order valence-electron chi connectivity index (χ3n) is 9.04. The van der Waals surface area contributed by atoms with Crippen LogP contribution in [0.4, 0.5) is 0 Å². The Bertz CT molecular complexity index is 2610. The molecule has 7 rings (SSSR count). The van der Waals surface area contributed by atoms with Crippen molar-refractivity contribution in [1.29, 1.82) is 0 Å². The number of methoxy groups -OCH3 is 4. The number of carbonyl (C=O) groups excluding carboxylic acids is 1. The molecule has 16 nitrogen and oxygen atoms in total. The van der Waals surface area contributed by atoms with Gasteiger partial charge in [0.25, 0.3) is 0 Å². The van der Waals surface area contributed by atoms with Gasteiger partial charge in [0, 0.05) is 51.9 Å². The van der Waals surface area contributed by atoms with Crippen LogP contribution in [0, 0.1) is 27.7 Å². The Labute approximate surface area is 379 Å². The summed E-state index contributed by atoms with van der Waals surface area (Å²) >= 11 is 0. The number of hydrogen-bond acceptors (Lipinski definition) is 13. The van der Waals surface area contributed by atoms with E-state index in [2.05, 4.69) is 34.6 Å². The van der Waals surface area contributed by atoms with Gasteiger partial charge in [-0.2, -0.15) is 0 Å². The van der Waals surface area contributed by atoms with E-state index in [1.165, 1.54) is 19.1 Å². The van der Waals surface area contributed by atoms with E-state index in [0.717, 1.165) is 45.1 Å². The maximum Gasteiger partial charge on any atom is 2.00 e. The van der Waals surface area contributed by atoms with Gasteiger partial charge in [-0.25, -0.2) is 4.79 Å². The minimum atomic E-state index is -1.38. The van der Waals surface area contributed by atoms with Gasteiger partial charge in [0.05, 0.1) is 72.9 Å². The molecule has 0 aliphatic heterocycles.